The molecule has 0 radical (unpaired) electrons. The van der Waals surface area contributed by atoms with E-state index in [1.54, 1.807) is 24.5 Å². The zero-order valence-electron chi connectivity index (χ0n) is 17.6. The summed E-state index contributed by atoms with van der Waals surface area (Å²) in [4.78, 5) is 28.5. The quantitative estimate of drug-likeness (QED) is 0.583. The summed E-state index contributed by atoms with van der Waals surface area (Å²) >= 11 is 1.74. The molecule has 1 amide bonds. The van der Waals surface area contributed by atoms with E-state index in [2.05, 4.69) is 22.9 Å². The van der Waals surface area contributed by atoms with Gasteiger partial charge in [0.1, 0.15) is 22.2 Å². The molecule has 0 aliphatic carbocycles. The number of carbonyl (C=O) groups is 1. The van der Waals surface area contributed by atoms with Crippen LogP contribution in [0, 0.1) is 6.92 Å². The van der Waals surface area contributed by atoms with Crippen molar-refractivity contribution in [2.24, 2.45) is 0 Å². The highest BCUT2D eigenvalue weighted by Crippen LogP contribution is 2.31. The van der Waals surface area contributed by atoms with Gasteiger partial charge in [-0.05, 0) is 43.2 Å². The molecule has 0 bridgehead atoms. The maximum Gasteiger partial charge on any atom is 0.246 e. The SMILES string of the molecule is CCc1cc2c(N3CCN(C(=O)/C=C/c4cccc(OC)c4)CC3)nc(C)nc2s1. The number of piperazine rings is 1. The average molecular weight is 423 g/mol. The Morgan fingerprint density at radius 2 is 2.00 bits per heavy atom. The predicted octanol–water partition coefficient (Wildman–Crippen LogP) is 3.93. The Morgan fingerprint density at radius 1 is 1.20 bits per heavy atom. The van der Waals surface area contributed by atoms with Gasteiger partial charge in [-0.3, -0.25) is 4.79 Å². The number of aromatic nitrogens is 2. The van der Waals surface area contributed by atoms with Gasteiger partial charge < -0.3 is 14.5 Å². The van der Waals surface area contributed by atoms with E-state index in [1.165, 1.54) is 4.88 Å². The number of rotatable bonds is 5. The highest BCUT2D eigenvalue weighted by molar-refractivity contribution is 7.18. The largest absolute Gasteiger partial charge is 0.497 e. The minimum Gasteiger partial charge on any atom is -0.497 e. The molecule has 6 nitrogen and oxygen atoms in total. The fraction of sp³-hybridized carbons (Fsp3) is 0.348. The van der Waals surface area contributed by atoms with Gasteiger partial charge in [0.15, 0.2) is 0 Å². The molecule has 1 aliphatic rings. The van der Waals surface area contributed by atoms with Crippen molar-refractivity contribution in [3.63, 3.8) is 0 Å². The van der Waals surface area contributed by atoms with Gasteiger partial charge in [-0.1, -0.05) is 19.1 Å². The van der Waals surface area contributed by atoms with Crippen LogP contribution in [0.1, 0.15) is 23.2 Å². The van der Waals surface area contributed by atoms with Crippen LogP contribution in [0.4, 0.5) is 5.82 Å². The standard InChI is InChI=1S/C23H26N4O2S/c1-4-19-15-20-22(24-16(2)25-23(20)30-19)27-12-10-26(11-13-27)21(28)9-8-17-6-5-7-18(14-17)29-3/h5-9,14-15H,4,10-13H2,1-3H3/b9-8+. The van der Waals surface area contributed by atoms with Gasteiger partial charge in [0, 0.05) is 37.1 Å². The van der Waals surface area contributed by atoms with Crippen LogP contribution in [0.25, 0.3) is 16.3 Å². The molecule has 30 heavy (non-hydrogen) atoms. The fourth-order valence-electron chi connectivity index (χ4n) is 3.63. The van der Waals surface area contributed by atoms with Gasteiger partial charge in [0.25, 0.3) is 0 Å². The average Bonchev–Trinajstić information content (AvgIpc) is 3.20. The molecule has 2 aromatic heterocycles. The van der Waals surface area contributed by atoms with E-state index in [0.717, 1.165) is 52.7 Å². The molecule has 3 aromatic rings. The molecule has 0 N–H and O–H groups in total. The zero-order chi connectivity index (χ0) is 21.1. The Labute approximate surface area is 180 Å². The fourth-order valence-corrected chi connectivity index (χ4v) is 4.64. The molecule has 0 saturated carbocycles. The first-order valence-electron chi connectivity index (χ1n) is 10.2. The third-order valence-corrected chi connectivity index (χ3v) is 6.46. The lowest BCUT2D eigenvalue weighted by Gasteiger charge is -2.35. The van der Waals surface area contributed by atoms with Crippen LogP contribution >= 0.6 is 11.3 Å². The molecule has 4 rings (SSSR count). The highest BCUT2D eigenvalue weighted by Gasteiger charge is 2.23. The van der Waals surface area contributed by atoms with E-state index in [-0.39, 0.29) is 5.91 Å². The van der Waals surface area contributed by atoms with Crippen molar-refractivity contribution in [2.75, 3.05) is 38.2 Å². The zero-order valence-corrected chi connectivity index (χ0v) is 18.4. The smallest absolute Gasteiger partial charge is 0.246 e. The molecule has 1 fully saturated rings. The van der Waals surface area contributed by atoms with E-state index < -0.39 is 0 Å². The summed E-state index contributed by atoms with van der Waals surface area (Å²) in [6.45, 7) is 6.99. The number of thiophene rings is 1. The van der Waals surface area contributed by atoms with Crippen molar-refractivity contribution in [3.05, 3.63) is 52.7 Å². The molecule has 0 unspecified atom stereocenters. The monoisotopic (exact) mass is 422 g/mol. The highest BCUT2D eigenvalue weighted by atomic mass is 32.1. The Bertz CT molecular complexity index is 1080. The van der Waals surface area contributed by atoms with Crippen LogP contribution in [-0.4, -0.2) is 54.1 Å². The first kappa shape index (κ1) is 20.3. The van der Waals surface area contributed by atoms with Gasteiger partial charge in [0.2, 0.25) is 5.91 Å². The number of carbonyl (C=O) groups excluding carboxylic acids is 1. The second kappa shape index (κ2) is 8.83. The van der Waals surface area contributed by atoms with E-state index >= 15 is 0 Å². The van der Waals surface area contributed by atoms with Crippen LogP contribution in [0.2, 0.25) is 0 Å². The number of nitrogens with zero attached hydrogens (tertiary/aromatic N) is 4. The third-order valence-electron chi connectivity index (χ3n) is 5.29. The molecule has 1 aromatic carbocycles. The minimum atomic E-state index is 0.0327. The predicted molar refractivity (Wildman–Crippen MR) is 122 cm³/mol. The Morgan fingerprint density at radius 3 is 2.73 bits per heavy atom. The van der Waals surface area contributed by atoms with Crippen LogP contribution in [0.15, 0.2) is 36.4 Å². The number of hydrogen-bond acceptors (Lipinski definition) is 6. The van der Waals surface area contributed by atoms with Crippen molar-refractivity contribution < 1.29 is 9.53 Å². The van der Waals surface area contributed by atoms with Gasteiger partial charge in [-0.25, -0.2) is 9.97 Å². The lowest BCUT2D eigenvalue weighted by molar-refractivity contribution is -0.126. The molecule has 1 aliphatic heterocycles. The van der Waals surface area contributed by atoms with Crippen molar-refractivity contribution >= 4 is 39.4 Å². The van der Waals surface area contributed by atoms with Crippen molar-refractivity contribution in [1.82, 2.24) is 14.9 Å². The van der Waals surface area contributed by atoms with E-state index in [9.17, 15) is 4.79 Å². The van der Waals surface area contributed by atoms with Crippen LogP contribution in [0.5, 0.6) is 5.75 Å². The summed E-state index contributed by atoms with van der Waals surface area (Å²) in [5, 5.41) is 1.13. The maximum absolute atomic E-state index is 12.6. The molecule has 7 heteroatoms. The number of aryl methyl sites for hydroxylation is 2. The lowest BCUT2D eigenvalue weighted by atomic mass is 10.2. The van der Waals surface area contributed by atoms with Crippen molar-refractivity contribution in [1.29, 1.82) is 0 Å². The maximum atomic E-state index is 12.6. The molecule has 0 spiro atoms. The molecule has 156 valence electrons. The topological polar surface area (TPSA) is 58.6 Å². The number of fused-ring (bicyclic) bond motifs is 1. The number of amides is 1. The first-order valence-corrected chi connectivity index (χ1v) is 11.0. The summed E-state index contributed by atoms with van der Waals surface area (Å²) in [6, 6.07) is 9.89. The molecule has 1 saturated heterocycles. The molecule has 0 atom stereocenters. The third kappa shape index (κ3) is 4.31. The summed E-state index contributed by atoms with van der Waals surface area (Å²) in [6.07, 6.45) is 4.48. The summed E-state index contributed by atoms with van der Waals surface area (Å²) in [5.74, 6) is 2.60. The van der Waals surface area contributed by atoms with Crippen molar-refractivity contribution in [3.8, 4) is 5.75 Å². The number of ether oxygens (including phenoxy) is 1. The summed E-state index contributed by atoms with van der Waals surface area (Å²) < 4.78 is 5.23. The van der Waals surface area contributed by atoms with Crippen LogP contribution < -0.4 is 9.64 Å². The van der Waals surface area contributed by atoms with Crippen molar-refractivity contribution in [2.45, 2.75) is 20.3 Å². The Hall–Kier alpha value is -2.93. The lowest BCUT2D eigenvalue weighted by Crippen LogP contribution is -2.48. The molecular formula is C23H26N4O2S. The number of methoxy groups -OCH3 is 1. The van der Waals surface area contributed by atoms with E-state index in [0.29, 0.717) is 13.1 Å². The van der Waals surface area contributed by atoms with Gasteiger partial charge in [-0.2, -0.15) is 0 Å². The Balaban J connectivity index is 1.43. The van der Waals surface area contributed by atoms with Gasteiger partial charge in [-0.15, -0.1) is 11.3 Å². The number of hydrogen-bond donors (Lipinski definition) is 0. The van der Waals surface area contributed by atoms with E-state index in [1.807, 2.05) is 42.2 Å². The number of anilines is 1. The van der Waals surface area contributed by atoms with Gasteiger partial charge >= 0.3 is 0 Å². The summed E-state index contributed by atoms with van der Waals surface area (Å²) in [5.41, 5.74) is 0.948. The second-order valence-corrected chi connectivity index (χ2v) is 8.42. The van der Waals surface area contributed by atoms with Gasteiger partial charge in [0.05, 0.1) is 12.5 Å². The minimum absolute atomic E-state index is 0.0327. The van der Waals surface area contributed by atoms with Crippen LogP contribution in [-0.2, 0) is 11.2 Å². The molecule has 3 heterocycles. The normalized spacial score (nSPS) is 14.6. The number of benzene rings is 1. The second-order valence-electron chi connectivity index (χ2n) is 7.30. The van der Waals surface area contributed by atoms with Crippen LogP contribution in [0.3, 0.4) is 0 Å². The Kier molecular flexibility index (Phi) is 5.99. The molecular weight excluding hydrogens is 396 g/mol. The van der Waals surface area contributed by atoms with E-state index in [4.69, 9.17) is 9.72 Å². The summed E-state index contributed by atoms with van der Waals surface area (Å²) in [7, 11) is 1.64. The first-order chi connectivity index (χ1) is 14.6.